The van der Waals surface area contributed by atoms with Gasteiger partial charge in [0.05, 0.1) is 0 Å². The second kappa shape index (κ2) is 2.89. The molecule has 64 valence electrons. The van der Waals surface area contributed by atoms with E-state index in [2.05, 4.69) is 41.5 Å². The normalized spacial score (nSPS) is 10.4. The number of fused-ring (bicyclic) bond motifs is 1. The van der Waals surface area contributed by atoms with E-state index in [0.717, 1.165) is 6.54 Å². The lowest BCUT2D eigenvalue weighted by atomic mass is 10.2. The largest absolute Gasteiger partial charge is 0.385 e. The standard InChI is InChI=1S/C10H12N2.H2/c1-2-11-9-3-4-10-8(7-9)5-6-12-10;/h3-7,11-12H,2H2,1H3;1H. The van der Waals surface area contributed by atoms with Crippen molar-refractivity contribution in [2.45, 2.75) is 6.92 Å². The van der Waals surface area contributed by atoms with Crippen LogP contribution in [0.4, 0.5) is 5.69 Å². The summed E-state index contributed by atoms with van der Waals surface area (Å²) in [5.74, 6) is 0. The second-order valence-corrected chi connectivity index (χ2v) is 2.81. The van der Waals surface area contributed by atoms with E-state index >= 15 is 0 Å². The minimum absolute atomic E-state index is 0. The number of aromatic amines is 1. The van der Waals surface area contributed by atoms with Gasteiger partial charge in [-0.25, -0.2) is 0 Å². The van der Waals surface area contributed by atoms with Crippen molar-refractivity contribution >= 4 is 16.6 Å². The Labute approximate surface area is 73.1 Å². The van der Waals surface area contributed by atoms with Gasteiger partial charge in [-0.2, -0.15) is 0 Å². The van der Waals surface area contributed by atoms with Crippen molar-refractivity contribution in [3.8, 4) is 0 Å². The van der Waals surface area contributed by atoms with Crippen LogP contribution in [0.3, 0.4) is 0 Å². The molecule has 0 unspecified atom stereocenters. The Morgan fingerprint density at radius 1 is 1.42 bits per heavy atom. The predicted octanol–water partition coefficient (Wildman–Crippen LogP) is 2.85. The number of rotatable bonds is 2. The molecule has 0 saturated heterocycles. The van der Waals surface area contributed by atoms with Crippen LogP contribution in [0.5, 0.6) is 0 Å². The summed E-state index contributed by atoms with van der Waals surface area (Å²) in [6.45, 7) is 3.07. The molecule has 0 amide bonds. The highest BCUT2D eigenvalue weighted by molar-refractivity contribution is 5.82. The smallest absolute Gasteiger partial charge is 0.0455 e. The van der Waals surface area contributed by atoms with Crippen molar-refractivity contribution in [2.24, 2.45) is 0 Å². The topological polar surface area (TPSA) is 27.8 Å². The molecule has 0 aliphatic rings. The molecule has 0 bridgehead atoms. The van der Waals surface area contributed by atoms with Crippen molar-refractivity contribution in [1.82, 2.24) is 4.98 Å². The maximum atomic E-state index is 3.28. The summed E-state index contributed by atoms with van der Waals surface area (Å²) in [7, 11) is 0. The van der Waals surface area contributed by atoms with Crippen LogP contribution >= 0.6 is 0 Å². The van der Waals surface area contributed by atoms with Crippen molar-refractivity contribution in [1.29, 1.82) is 0 Å². The first kappa shape index (κ1) is 7.22. The number of H-pyrrole nitrogens is 1. The van der Waals surface area contributed by atoms with E-state index in [-0.39, 0.29) is 1.43 Å². The summed E-state index contributed by atoms with van der Waals surface area (Å²) in [5.41, 5.74) is 2.38. The second-order valence-electron chi connectivity index (χ2n) is 2.81. The molecule has 0 saturated carbocycles. The lowest BCUT2D eigenvalue weighted by molar-refractivity contribution is 1.21. The van der Waals surface area contributed by atoms with Gasteiger partial charge in [-0.3, -0.25) is 0 Å². The molecule has 0 aliphatic carbocycles. The molecule has 2 rings (SSSR count). The van der Waals surface area contributed by atoms with Crippen LogP contribution in [0.2, 0.25) is 0 Å². The molecule has 2 heteroatoms. The highest BCUT2D eigenvalue weighted by Crippen LogP contribution is 2.17. The molecule has 0 radical (unpaired) electrons. The average Bonchev–Trinajstić information content (AvgIpc) is 2.51. The van der Waals surface area contributed by atoms with Gasteiger partial charge in [-0.15, -0.1) is 0 Å². The summed E-state index contributed by atoms with van der Waals surface area (Å²) < 4.78 is 0. The highest BCUT2D eigenvalue weighted by atomic mass is 14.8. The van der Waals surface area contributed by atoms with Crippen molar-refractivity contribution < 1.29 is 1.43 Å². The zero-order valence-electron chi connectivity index (χ0n) is 7.09. The van der Waals surface area contributed by atoms with Gasteiger partial charge in [-0.05, 0) is 31.2 Å². The average molecular weight is 162 g/mol. The van der Waals surface area contributed by atoms with Crippen LogP contribution in [-0.2, 0) is 0 Å². The molecular formula is C10H14N2. The van der Waals surface area contributed by atoms with E-state index in [1.54, 1.807) is 0 Å². The van der Waals surface area contributed by atoms with Crippen LogP contribution in [0.25, 0.3) is 10.9 Å². The first-order valence-corrected chi connectivity index (χ1v) is 4.21. The number of nitrogens with one attached hydrogen (secondary N) is 2. The minimum atomic E-state index is 0. The number of benzene rings is 1. The van der Waals surface area contributed by atoms with Crippen LogP contribution in [-0.4, -0.2) is 11.5 Å². The number of hydrogen-bond donors (Lipinski definition) is 2. The van der Waals surface area contributed by atoms with Gasteiger partial charge in [0.1, 0.15) is 0 Å². The SMILES string of the molecule is CCNc1ccc2[nH]ccc2c1.[HH]. The first-order valence-electron chi connectivity index (χ1n) is 4.21. The van der Waals surface area contributed by atoms with Crippen molar-refractivity contribution in [3.63, 3.8) is 0 Å². The summed E-state index contributed by atoms with van der Waals surface area (Å²) in [6.07, 6.45) is 1.96. The lowest BCUT2D eigenvalue weighted by Crippen LogP contribution is -1.95. The molecule has 0 spiro atoms. The Kier molecular flexibility index (Phi) is 1.74. The lowest BCUT2D eigenvalue weighted by Gasteiger charge is -2.01. The van der Waals surface area contributed by atoms with Gasteiger partial charge in [0.15, 0.2) is 0 Å². The summed E-state index contributed by atoms with van der Waals surface area (Å²) in [5, 5.41) is 4.53. The van der Waals surface area contributed by atoms with E-state index in [4.69, 9.17) is 0 Å². The summed E-state index contributed by atoms with van der Waals surface area (Å²) in [6, 6.07) is 8.40. The molecule has 12 heavy (non-hydrogen) atoms. The Morgan fingerprint density at radius 3 is 3.17 bits per heavy atom. The van der Waals surface area contributed by atoms with E-state index in [0.29, 0.717) is 0 Å². The van der Waals surface area contributed by atoms with Crippen molar-refractivity contribution in [2.75, 3.05) is 11.9 Å². The van der Waals surface area contributed by atoms with E-state index < -0.39 is 0 Å². The van der Waals surface area contributed by atoms with Crippen LogP contribution in [0, 0.1) is 0 Å². The highest BCUT2D eigenvalue weighted by Gasteiger charge is 1.94. The van der Waals surface area contributed by atoms with Gasteiger partial charge in [0.25, 0.3) is 0 Å². The minimum Gasteiger partial charge on any atom is -0.385 e. The summed E-state index contributed by atoms with van der Waals surface area (Å²) in [4.78, 5) is 3.16. The van der Waals surface area contributed by atoms with Gasteiger partial charge in [-0.1, -0.05) is 0 Å². The number of aromatic nitrogens is 1. The fourth-order valence-electron chi connectivity index (χ4n) is 1.37. The maximum absolute atomic E-state index is 3.28. The molecule has 2 aromatic rings. The Morgan fingerprint density at radius 2 is 2.33 bits per heavy atom. The number of hydrogen-bond acceptors (Lipinski definition) is 1. The van der Waals surface area contributed by atoms with Gasteiger partial charge >= 0.3 is 0 Å². The molecule has 1 heterocycles. The molecule has 2 N–H and O–H groups in total. The molecule has 2 nitrogen and oxygen atoms in total. The third kappa shape index (κ3) is 1.16. The van der Waals surface area contributed by atoms with Crippen LogP contribution in [0.1, 0.15) is 8.35 Å². The summed E-state index contributed by atoms with van der Waals surface area (Å²) >= 11 is 0. The predicted molar refractivity (Wildman–Crippen MR) is 54.6 cm³/mol. The first-order chi connectivity index (χ1) is 5.90. The third-order valence-electron chi connectivity index (χ3n) is 1.93. The third-order valence-corrected chi connectivity index (χ3v) is 1.93. The Balaban J connectivity index is 0.000000845. The van der Waals surface area contributed by atoms with E-state index in [1.165, 1.54) is 16.6 Å². The van der Waals surface area contributed by atoms with Crippen LogP contribution in [0.15, 0.2) is 30.5 Å². The zero-order valence-corrected chi connectivity index (χ0v) is 7.09. The fourth-order valence-corrected chi connectivity index (χ4v) is 1.37. The molecule has 0 atom stereocenters. The maximum Gasteiger partial charge on any atom is 0.0455 e. The Hall–Kier alpha value is -1.44. The fraction of sp³-hybridized carbons (Fsp3) is 0.200. The molecular weight excluding hydrogens is 148 g/mol. The monoisotopic (exact) mass is 162 g/mol. The molecule has 1 aromatic carbocycles. The van der Waals surface area contributed by atoms with Gasteiger partial charge in [0.2, 0.25) is 0 Å². The van der Waals surface area contributed by atoms with E-state index in [1.807, 2.05) is 6.20 Å². The van der Waals surface area contributed by atoms with E-state index in [9.17, 15) is 0 Å². The molecule has 1 aromatic heterocycles. The molecule has 0 aliphatic heterocycles. The number of anilines is 1. The van der Waals surface area contributed by atoms with Crippen LogP contribution < -0.4 is 5.32 Å². The Bertz CT molecular complexity index is 381. The van der Waals surface area contributed by atoms with Gasteiger partial charge < -0.3 is 10.3 Å². The molecule has 0 fully saturated rings. The quantitative estimate of drug-likeness (QED) is 0.698. The zero-order chi connectivity index (χ0) is 8.39. The van der Waals surface area contributed by atoms with Gasteiger partial charge in [0, 0.05) is 30.8 Å². The van der Waals surface area contributed by atoms with Crippen molar-refractivity contribution in [3.05, 3.63) is 30.5 Å².